The van der Waals surface area contributed by atoms with Crippen LogP contribution in [0.15, 0.2) is 0 Å². The molecule has 0 bridgehead atoms. The molecule has 0 spiro atoms. The molecular formula is C8H16NO2S. The number of hydrogen-bond acceptors (Lipinski definition) is 3. The van der Waals surface area contributed by atoms with Crippen LogP contribution in [0.2, 0.25) is 0 Å². The molecule has 1 aliphatic rings. The second-order valence-electron chi connectivity index (χ2n) is 3.41. The minimum absolute atomic E-state index is 0.310. The summed E-state index contributed by atoms with van der Waals surface area (Å²) >= 11 is 0. The Morgan fingerprint density at radius 1 is 1.50 bits per heavy atom. The third kappa shape index (κ3) is 4.07. The molecule has 0 unspecified atom stereocenters. The molecule has 1 rings (SSSR count). The van der Waals surface area contributed by atoms with E-state index in [0.717, 1.165) is 32.4 Å². The molecule has 0 aromatic heterocycles. The molecule has 12 heavy (non-hydrogen) atoms. The number of nitrogens with one attached hydrogen (secondary N) is 1. The summed E-state index contributed by atoms with van der Waals surface area (Å²) in [6, 6.07) is 0. The quantitative estimate of drug-likeness (QED) is 0.700. The summed E-state index contributed by atoms with van der Waals surface area (Å²) in [6.45, 7) is 1.98. The van der Waals surface area contributed by atoms with Crippen LogP contribution in [-0.2, 0) is 9.84 Å². The van der Waals surface area contributed by atoms with Crippen LogP contribution in [0, 0.1) is 5.92 Å². The Hall–Kier alpha value is -0.0900. The third-order valence-corrected chi connectivity index (χ3v) is 3.03. The number of rotatable bonds is 3. The lowest BCUT2D eigenvalue weighted by atomic mass is 9.97. The van der Waals surface area contributed by atoms with Crippen LogP contribution in [0.1, 0.15) is 19.3 Å². The van der Waals surface area contributed by atoms with E-state index in [-0.39, 0.29) is 0 Å². The van der Waals surface area contributed by atoms with Gasteiger partial charge in [0.1, 0.15) is 9.84 Å². The van der Waals surface area contributed by atoms with Gasteiger partial charge in [0.2, 0.25) is 0 Å². The van der Waals surface area contributed by atoms with E-state index in [1.807, 2.05) is 0 Å². The molecule has 0 amide bonds. The predicted octanol–water partition coefficient (Wildman–Crippen LogP) is 0.379. The highest BCUT2D eigenvalue weighted by atomic mass is 32.2. The summed E-state index contributed by atoms with van der Waals surface area (Å²) in [6.07, 6.45) is 4.29. The first kappa shape index (κ1) is 9.99. The topological polar surface area (TPSA) is 46.2 Å². The zero-order valence-corrected chi connectivity index (χ0v) is 8.28. The van der Waals surface area contributed by atoms with Crippen LogP contribution >= 0.6 is 0 Å². The van der Waals surface area contributed by atoms with E-state index in [1.54, 1.807) is 0 Å². The van der Waals surface area contributed by atoms with Crippen molar-refractivity contribution < 1.29 is 8.42 Å². The molecule has 1 saturated heterocycles. The highest BCUT2D eigenvalue weighted by Crippen LogP contribution is 2.16. The van der Waals surface area contributed by atoms with E-state index in [4.69, 9.17) is 0 Å². The summed E-state index contributed by atoms with van der Waals surface area (Å²) < 4.78 is 21.7. The van der Waals surface area contributed by atoms with Crippen molar-refractivity contribution in [1.29, 1.82) is 0 Å². The van der Waals surface area contributed by atoms with Crippen LogP contribution in [0.5, 0.6) is 0 Å². The molecule has 0 aliphatic carbocycles. The van der Waals surface area contributed by atoms with Gasteiger partial charge in [-0.3, -0.25) is 0 Å². The van der Waals surface area contributed by atoms with Crippen molar-refractivity contribution in [2.45, 2.75) is 19.3 Å². The highest BCUT2D eigenvalue weighted by molar-refractivity contribution is 7.90. The first-order valence-electron chi connectivity index (χ1n) is 4.30. The van der Waals surface area contributed by atoms with Gasteiger partial charge in [-0.1, -0.05) is 0 Å². The lowest BCUT2D eigenvalue weighted by Crippen LogP contribution is -2.29. The van der Waals surface area contributed by atoms with E-state index >= 15 is 0 Å². The summed E-state index contributed by atoms with van der Waals surface area (Å²) in [7, 11) is -2.77. The maximum atomic E-state index is 10.8. The minimum Gasteiger partial charge on any atom is -0.316 e. The van der Waals surface area contributed by atoms with Gasteiger partial charge in [-0.25, -0.2) is 8.42 Å². The largest absolute Gasteiger partial charge is 0.316 e. The Balaban J connectivity index is 2.22. The Labute approximate surface area is 74.5 Å². The van der Waals surface area contributed by atoms with Crippen LogP contribution in [0.3, 0.4) is 0 Å². The molecule has 4 heteroatoms. The second kappa shape index (κ2) is 4.23. The van der Waals surface area contributed by atoms with Crippen LogP contribution in [0.25, 0.3) is 0 Å². The fourth-order valence-corrected chi connectivity index (χ4v) is 2.02. The Morgan fingerprint density at radius 2 is 2.25 bits per heavy atom. The minimum atomic E-state index is -2.77. The first-order chi connectivity index (χ1) is 5.58. The Morgan fingerprint density at radius 3 is 2.75 bits per heavy atom. The van der Waals surface area contributed by atoms with Gasteiger partial charge < -0.3 is 5.32 Å². The third-order valence-electron chi connectivity index (χ3n) is 2.09. The molecule has 1 aliphatic heterocycles. The van der Waals surface area contributed by atoms with E-state index in [0.29, 0.717) is 5.75 Å². The van der Waals surface area contributed by atoms with Crippen molar-refractivity contribution in [2.24, 2.45) is 0 Å². The summed E-state index contributed by atoms with van der Waals surface area (Å²) in [5, 5.41) is 3.24. The van der Waals surface area contributed by atoms with E-state index in [9.17, 15) is 8.42 Å². The first-order valence-corrected chi connectivity index (χ1v) is 6.36. The smallest absolute Gasteiger partial charge is 0.147 e. The Bertz CT molecular complexity index is 217. The highest BCUT2D eigenvalue weighted by Gasteiger charge is 2.15. The molecule has 1 heterocycles. The van der Waals surface area contributed by atoms with Crippen LogP contribution in [0.4, 0.5) is 0 Å². The van der Waals surface area contributed by atoms with Crippen molar-refractivity contribution in [3.63, 3.8) is 0 Å². The lowest BCUT2D eigenvalue weighted by Gasteiger charge is -2.21. The number of hydrogen-bond donors (Lipinski definition) is 1. The SMILES string of the molecule is CS(=O)(=O)CC[C]1CCCNC1. The molecule has 0 saturated carbocycles. The van der Waals surface area contributed by atoms with Gasteiger partial charge in [-0.05, 0) is 31.7 Å². The fraction of sp³-hybridized carbons (Fsp3) is 0.875. The second-order valence-corrected chi connectivity index (χ2v) is 5.67. The van der Waals surface area contributed by atoms with Gasteiger partial charge in [-0.15, -0.1) is 0 Å². The maximum absolute atomic E-state index is 10.8. The molecular weight excluding hydrogens is 174 g/mol. The van der Waals surface area contributed by atoms with E-state index in [1.165, 1.54) is 12.2 Å². The molecule has 3 nitrogen and oxygen atoms in total. The molecule has 0 aromatic rings. The lowest BCUT2D eigenvalue weighted by molar-refractivity contribution is 0.526. The number of piperidine rings is 1. The monoisotopic (exact) mass is 190 g/mol. The van der Waals surface area contributed by atoms with Crippen molar-refractivity contribution in [3.05, 3.63) is 5.92 Å². The predicted molar refractivity (Wildman–Crippen MR) is 49.7 cm³/mol. The summed E-state index contributed by atoms with van der Waals surface area (Å²) in [4.78, 5) is 0. The van der Waals surface area contributed by atoms with Crippen LogP contribution in [-0.4, -0.2) is 33.5 Å². The molecule has 1 radical (unpaired) electrons. The Kier molecular flexibility index (Phi) is 3.53. The molecule has 0 aromatic carbocycles. The van der Waals surface area contributed by atoms with Gasteiger partial charge in [0.05, 0.1) is 5.75 Å². The normalized spacial score (nSPS) is 21.1. The standard InChI is InChI=1S/C8H16NO2S/c1-12(10,11)6-4-8-3-2-5-9-7-8/h9H,2-7H2,1H3. The van der Waals surface area contributed by atoms with Crippen LogP contribution < -0.4 is 5.32 Å². The number of sulfone groups is 1. The average Bonchev–Trinajstić information content (AvgIpc) is 2.02. The fourth-order valence-electron chi connectivity index (χ4n) is 1.36. The molecule has 71 valence electrons. The molecule has 1 N–H and O–H groups in total. The van der Waals surface area contributed by atoms with Gasteiger partial charge in [-0.2, -0.15) is 0 Å². The van der Waals surface area contributed by atoms with Gasteiger partial charge >= 0.3 is 0 Å². The molecule has 0 atom stereocenters. The maximum Gasteiger partial charge on any atom is 0.147 e. The van der Waals surface area contributed by atoms with Crippen molar-refractivity contribution >= 4 is 9.84 Å². The molecule has 1 fully saturated rings. The average molecular weight is 190 g/mol. The zero-order chi connectivity index (χ0) is 9.03. The summed E-state index contributed by atoms with van der Waals surface area (Å²) in [5.41, 5.74) is 0. The summed E-state index contributed by atoms with van der Waals surface area (Å²) in [5.74, 6) is 1.66. The van der Waals surface area contributed by atoms with Gasteiger partial charge in [0.25, 0.3) is 0 Å². The van der Waals surface area contributed by atoms with E-state index in [2.05, 4.69) is 5.32 Å². The van der Waals surface area contributed by atoms with Gasteiger partial charge in [0, 0.05) is 12.8 Å². The van der Waals surface area contributed by atoms with Crippen molar-refractivity contribution in [1.82, 2.24) is 5.32 Å². The zero-order valence-electron chi connectivity index (χ0n) is 7.47. The van der Waals surface area contributed by atoms with Crippen molar-refractivity contribution in [3.8, 4) is 0 Å². The van der Waals surface area contributed by atoms with Gasteiger partial charge in [0.15, 0.2) is 0 Å². The van der Waals surface area contributed by atoms with Crippen molar-refractivity contribution in [2.75, 3.05) is 25.1 Å². The van der Waals surface area contributed by atoms with E-state index < -0.39 is 9.84 Å².